The van der Waals surface area contributed by atoms with E-state index in [0.29, 0.717) is 5.25 Å². The van der Waals surface area contributed by atoms with E-state index in [-0.39, 0.29) is 0 Å². The van der Waals surface area contributed by atoms with E-state index in [9.17, 15) is 0 Å². The Kier molecular flexibility index (Phi) is 3.89. The van der Waals surface area contributed by atoms with Crippen molar-refractivity contribution >= 4 is 23.4 Å². The van der Waals surface area contributed by atoms with Crippen LogP contribution < -0.4 is 0 Å². The molecule has 12 heavy (non-hydrogen) atoms. The van der Waals surface area contributed by atoms with Crippen LogP contribution in [-0.2, 0) is 5.75 Å². The molecule has 0 unspecified atom stereocenters. The van der Waals surface area contributed by atoms with Crippen molar-refractivity contribution in [2.24, 2.45) is 0 Å². The lowest BCUT2D eigenvalue weighted by Gasteiger charge is -2.03. The third-order valence-electron chi connectivity index (χ3n) is 1.34. The van der Waals surface area contributed by atoms with Crippen LogP contribution in [0, 0.1) is 0 Å². The van der Waals surface area contributed by atoms with Gasteiger partial charge in [-0.1, -0.05) is 25.4 Å². The van der Waals surface area contributed by atoms with Crippen LogP contribution in [0.25, 0.3) is 0 Å². The van der Waals surface area contributed by atoms with Gasteiger partial charge in [0.05, 0.1) is 5.69 Å². The van der Waals surface area contributed by atoms with Crippen molar-refractivity contribution in [2.75, 3.05) is 0 Å². The van der Waals surface area contributed by atoms with Crippen molar-refractivity contribution in [3.63, 3.8) is 0 Å². The van der Waals surface area contributed by atoms with Gasteiger partial charge in [-0.05, 0) is 17.4 Å². The maximum atomic E-state index is 5.81. The standard InChI is InChI=1S/C9H12ClNS/c1-7(2)12-6-9-5-8(10)3-4-11-9/h3-5,7H,6H2,1-2H3. The first-order valence-electron chi connectivity index (χ1n) is 3.90. The van der Waals surface area contributed by atoms with Gasteiger partial charge in [0.15, 0.2) is 0 Å². The Labute approximate surface area is 82.5 Å². The first kappa shape index (κ1) is 9.87. The van der Waals surface area contributed by atoms with Crippen molar-refractivity contribution in [3.8, 4) is 0 Å². The van der Waals surface area contributed by atoms with Crippen molar-refractivity contribution < 1.29 is 0 Å². The van der Waals surface area contributed by atoms with Gasteiger partial charge in [-0.2, -0.15) is 11.8 Å². The summed E-state index contributed by atoms with van der Waals surface area (Å²) in [6.45, 7) is 4.35. The highest BCUT2D eigenvalue weighted by molar-refractivity contribution is 7.99. The van der Waals surface area contributed by atoms with Gasteiger partial charge in [-0.15, -0.1) is 0 Å². The number of rotatable bonds is 3. The van der Waals surface area contributed by atoms with Crippen molar-refractivity contribution in [1.29, 1.82) is 0 Å². The summed E-state index contributed by atoms with van der Waals surface area (Å²) in [6.07, 6.45) is 1.75. The Morgan fingerprint density at radius 3 is 2.92 bits per heavy atom. The number of pyridine rings is 1. The zero-order chi connectivity index (χ0) is 8.97. The fourth-order valence-corrected chi connectivity index (χ4v) is 1.62. The van der Waals surface area contributed by atoms with Gasteiger partial charge in [0.25, 0.3) is 0 Å². The molecule has 1 heterocycles. The number of hydrogen-bond acceptors (Lipinski definition) is 2. The van der Waals surface area contributed by atoms with E-state index in [1.165, 1.54) is 0 Å². The zero-order valence-electron chi connectivity index (χ0n) is 7.25. The first-order valence-corrected chi connectivity index (χ1v) is 5.33. The Hall–Kier alpha value is -0.210. The molecule has 0 aliphatic rings. The lowest BCUT2D eigenvalue weighted by Crippen LogP contribution is -1.91. The topological polar surface area (TPSA) is 12.9 Å². The van der Waals surface area contributed by atoms with Crippen LogP contribution >= 0.6 is 23.4 Å². The predicted molar refractivity (Wildman–Crippen MR) is 55.7 cm³/mol. The molecule has 0 bridgehead atoms. The minimum absolute atomic E-state index is 0.644. The largest absolute Gasteiger partial charge is 0.260 e. The van der Waals surface area contributed by atoms with Crippen LogP contribution in [0.2, 0.25) is 5.02 Å². The molecule has 1 rings (SSSR count). The van der Waals surface area contributed by atoms with Crippen LogP contribution in [0.4, 0.5) is 0 Å². The molecule has 1 nitrogen and oxygen atoms in total. The summed E-state index contributed by atoms with van der Waals surface area (Å²) in [5.74, 6) is 0.943. The second kappa shape index (κ2) is 4.73. The number of hydrogen-bond donors (Lipinski definition) is 0. The maximum Gasteiger partial charge on any atom is 0.0517 e. The number of aromatic nitrogens is 1. The second-order valence-electron chi connectivity index (χ2n) is 2.83. The van der Waals surface area contributed by atoms with Gasteiger partial charge in [0.1, 0.15) is 0 Å². The van der Waals surface area contributed by atoms with Crippen LogP contribution in [0.5, 0.6) is 0 Å². The highest BCUT2D eigenvalue weighted by Crippen LogP contribution is 2.17. The Morgan fingerprint density at radius 2 is 2.33 bits per heavy atom. The molecule has 0 spiro atoms. The van der Waals surface area contributed by atoms with E-state index in [2.05, 4.69) is 18.8 Å². The van der Waals surface area contributed by atoms with Gasteiger partial charge < -0.3 is 0 Å². The van der Waals surface area contributed by atoms with Crippen LogP contribution in [0.15, 0.2) is 18.3 Å². The minimum atomic E-state index is 0.644. The van der Waals surface area contributed by atoms with Gasteiger partial charge in [-0.25, -0.2) is 0 Å². The fraction of sp³-hybridized carbons (Fsp3) is 0.444. The molecule has 66 valence electrons. The average molecular weight is 202 g/mol. The van der Waals surface area contributed by atoms with E-state index in [0.717, 1.165) is 16.5 Å². The quantitative estimate of drug-likeness (QED) is 0.744. The van der Waals surface area contributed by atoms with Gasteiger partial charge in [0.2, 0.25) is 0 Å². The summed E-state index contributed by atoms with van der Waals surface area (Å²) in [4.78, 5) is 4.21. The van der Waals surface area contributed by atoms with E-state index >= 15 is 0 Å². The Morgan fingerprint density at radius 1 is 1.58 bits per heavy atom. The predicted octanol–water partition coefficient (Wildman–Crippen LogP) is 3.38. The molecule has 0 aliphatic carbocycles. The molecular weight excluding hydrogens is 190 g/mol. The maximum absolute atomic E-state index is 5.81. The zero-order valence-corrected chi connectivity index (χ0v) is 8.82. The van der Waals surface area contributed by atoms with E-state index in [1.54, 1.807) is 12.3 Å². The summed E-state index contributed by atoms with van der Waals surface area (Å²) >= 11 is 7.68. The molecule has 1 aromatic rings. The molecule has 0 aliphatic heterocycles. The van der Waals surface area contributed by atoms with Gasteiger partial charge in [0, 0.05) is 17.0 Å². The lowest BCUT2D eigenvalue weighted by atomic mass is 10.4. The third-order valence-corrected chi connectivity index (χ3v) is 2.71. The van der Waals surface area contributed by atoms with Gasteiger partial charge >= 0.3 is 0 Å². The van der Waals surface area contributed by atoms with Gasteiger partial charge in [-0.3, -0.25) is 4.98 Å². The molecule has 1 aromatic heterocycles. The Balaban J connectivity index is 2.52. The molecule has 0 saturated carbocycles. The number of thioether (sulfide) groups is 1. The van der Waals surface area contributed by atoms with E-state index in [4.69, 9.17) is 11.6 Å². The fourth-order valence-electron chi connectivity index (χ4n) is 0.780. The smallest absolute Gasteiger partial charge is 0.0517 e. The van der Waals surface area contributed by atoms with E-state index < -0.39 is 0 Å². The second-order valence-corrected chi connectivity index (χ2v) is 4.83. The molecule has 0 amide bonds. The van der Waals surface area contributed by atoms with Crippen molar-refractivity contribution in [2.45, 2.75) is 24.9 Å². The highest BCUT2D eigenvalue weighted by Gasteiger charge is 1.98. The lowest BCUT2D eigenvalue weighted by molar-refractivity contribution is 1.09. The molecule has 0 atom stereocenters. The Bertz CT molecular complexity index is 250. The SMILES string of the molecule is CC(C)SCc1cc(Cl)ccn1. The molecule has 0 saturated heterocycles. The summed E-state index contributed by atoms with van der Waals surface area (Å²) in [5, 5.41) is 1.41. The summed E-state index contributed by atoms with van der Waals surface area (Å²) in [5.41, 5.74) is 1.06. The summed E-state index contributed by atoms with van der Waals surface area (Å²) in [7, 11) is 0. The molecule has 0 radical (unpaired) electrons. The molecule has 3 heteroatoms. The normalized spacial score (nSPS) is 10.7. The molecule has 0 fully saturated rings. The summed E-state index contributed by atoms with van der Waals surface area (Å²) < 4.78 is 0. The summed E-state index contributed by atoms with van der Waals surface area (Å²) in [6, 6.07) is 3.71. The third kappa shape index (κ3) is 3.46. The van der Waals surface area contributed by atoms with E-state index in [1.807, 2.05) is 17.8 Å². The minimum Gasteiger partial charge on any atom is -0.260 e. The molecular formula is C9H12ClNS. The van der Waals surface area contributed by atoms with Crippen LogP contribution in [-0.4, -0.2) is 10.2 Å². The average Bonchev–Trinajstić information content (AvgIpc) is 2.01. The van der Waals surface area contributed by atoms with Crippen LogP contribution in [0.1, 0.15) is 19.5 Å². The first-order chi connectivity index (χ1) is 5.68. The highest BCUT2D eigenvalue weighted by atomic mass is 35.5. The van der Waals surface area contributed by atoms with Crippen molar-refractivity contribution in [3.05, 3.63) is 29.0 Å². The molecule has 0 aromatic carbocycles. The molecule has 0 N–H and O–H groups in total. The van der Waals surface area contributed by atoms with Crippen molar-refractivity contribution in [1.82, 2.24) is 4.98 Å². The van der Waals surface area contributed by atoms with Crippen LogP contribution in [0.3, 0.4) is 0 Å². The monoisotopic (exact) mass is 201 g/mol. The number of nitrogens with zero attached hydrogens (tertiary/aromatic N) is 1. The number of halogens is 1.